The first kappa shape index (κ1) is 22.8. The number of carbonyl (C=O) groups is 2. The van der Waals surface area contributed by atoms with Crippen LogP contribution in [0.3, 0.4) is 0 Å². The van der Waals surface area contributed by atoms with Gasteiger partial charge in [0.1, 0.15) is 11.9 Å². The van der Waals surface area contributed by atoms with Crippen molar-refractivity contribution < 1.29 is 32.2 Å². The van der Waals surface area contributed by atoms with Gasteiger partial charge in [-0.05, 0) is 29.5 Å². The summed E-state index contributed by atoms with van der Waals surface area (Å²) in [6.45, 7) is 2.25. The molecule has 1 rings (SSSR count). The number of ether oxygens (including phenoxy) is 2. The molecule has 6 nitrogen and oxygen atoms in total. The lowest BCUT2D eigenvalue weighted by Gasteiger charge is -2.20. The number of rotatable bonds is 9. The van der Waals surface area contributed by atoms with Crippen molar-refractivity contribution in [2.45, 2.75) is 46.4 Å². The molecule has 0 saturated heterocycles. The van der Waals surface area contributed by atoms with E-state index < -0.39 is 37.1 Å². The van der Waals surface area contributed by atoms with Gasteiger partial charge in [-0.2, -0.15) is 8.78 Å². The van der Waals surface area contributed by atoms with Gasteiger partial charge >= 0.3 is 12.7 Å². The Kier molecular flexibility index (Phi) is 9.07. The highest BCUT2D eigenvalue weighted by molar-refractivity contribution is 5.85. The molecule has 0 aliphatic carbocycles. The molecule has 1 atom stereocenters. The lowest BCUT2D eigenvalue weighted by atomic mass is 9.93. The predicted molar refractivity (Wildman–Crippen MR) is 92.5 cm³/mol. The fourth-order valence-electron chi connectivity index (χ4n) is 1.90. The molecular weight excluding hydrogens is 365 g/mol. The van der Waals surface area contributed by atoms with E-state index in [0.29, 0.717) is 12.0 Å². The third kappa shape index (κ3) is 10.4. The first-order valence-corrected chi connectivity index (χ1v) is 8.42. The number of amides is 2. The normalized spacial score (nSPS) is 12.6. The van der Waals surface area contributed by atoms with E-state index >= 15 is 0 Å². The Morgan fingerprint density at radius 1 is 1.15 bits per heavy atom. The highest BCUT2D eigenvalue weighted by Gasteiger charge is 2.23. The average molecular weight is 390 g/mol. The van der Waals surface area contributed by atoms with Crippen molar-refractivity contribution in [3.63, 3.8) is 0 Å². The monoisotopic (exact) mass is 390 g/mol. The van der Waals surface area contributed by atoms with Crippen LogP contribution in [0, 0.1) is 11.2 Å². The molecule has 9 heteroatoms. The summed E-state index contributed by atoms with van der Waals surface area (Å²) in [6, 6.07) is 4.03. The number of halogens is 3. The Labute approximate surface area is 156 Å². The maximum Gasteiger partial charge on any atom is 0.407 e. The van der Waals surface area contributed by atoms with E-state index in [2.05, 4.69) is 15.4 Å². The molecule has 0 radical (unpaired) electrons. The summed E-state index contributed by atoms with van der Waals surface area (Å²) < 4.78 is 46.5. The average Bonchev–Trinajstić information content (AvgIpc) is 2.56. The van der Waals surface area contributed by atoms with Gasteiger partial charge in [0.25, 0.3) is 0 Å². The molecule has 2 amide bonds. The summed E-state index contributed by atoms with van der Waals surface area (Å²) in [6.07, 6.45) is -0.311. The van der Waals surface area contributed by atoms with Gasteiger partial charge in [0, 0.05) is 6.54 Å². The number of hydrogen-bond acceptors (Lipinski definition) is 4. The van der Waals surface area contributed by atoms with Crippen LogP contribution >= 0.6 is 0 Å². The molecular formula is C18H25F3N2O4. The van der Waals surface area contributed by atoms with Crippen molar-refractivity contribution in [3.05, 3.63) is 35.6 Å². The summed E-state index contributed by atoms with van der Waals surface area (Å²) in [5.41, 5.74) is 0.552. The lowest BCUT2D eigenvalue weighted by Crippen LogP contribution is -2.49. The van der Waals surface area contributed by atoms with E-state index in [-0.39, 0.29) is 18.6 Å². The zero-order valence-corrected chi connectivity index (χ0v) is 15.6. The second kappa shape index (κ2) is 10.8. The van der Waals surface area contributed by atoms with Crippen molar-refractivity contribution >= 4 is 12.0 Å². The summed E-state index contributed by atoms with van der Waals surface area (Å²) in [5, 5.41) is 4.68. The van der Waals surface area contributed by atoms with Gasteiger partial charge in [-0.15, -0.1) is 0 Å². The SMILES string of the molecule is CC(C)(C)CCOC(=O)N[C@H](COC(F)F)C(=O)NCc1ccc(F)cc1. The molecule has 0 saturated carbocycles. The lowest BCUT2D eigenvalue weighted by molar-refractivity contribution is -0.143. The predicted octanol–water partition coefficient (Wildman–Crippen LogP) is 3.21. The molecule has 0 aliphatic heterocycles. The van der Waals surface area contributed by atoms with Gasteiger partial charge in [-0.25, -0.2) is 9.18 Å². The van der Waals surface area contributed by atoms with Crippen LogP contribution in [0.1, 0.15) is 32.8 Å². The van der Waals surface area contributed by atoms with E-state index in [4.69, 9.17) is 4.74 Å². The van der Waals surface area contributed by atoms with Crippen LogP contribution in [0.2, 0.25) is 0 Å². The second-order valence-electron chi connectivity index (χ2n) is 7.08. The van der Waals surface area contributed by atoms with E-state index in [1.807, 2.05) is 20.8 Å². The Morgan fingerprint density at radius 3 is 2.33 bits per heavy atom. The van der Waals surface area contributed by atoms with Gasteiger partial charge in [-0.3, -0.25) is 4.79 Å². The van der Waals surface area contributed by atoms with Crippen LogP contribution in [0.25, 0.3) is 0 Å². The minimum absolute atomic E-state index is 0.0328. The molecule has 1 aromatic rings. The van der Waals surface area contributed by atoms with Crippen molar-refractivity contribution in [2.75, 3.05) is 13.2 Å². The third-order valence-electron chi connectivity index (χ3n) is 3.46. The van der Waals surface area contributed by atoms with E-state index in [0.717, 1.165) is 0 Å². The maximum atomic E-state index is 12.9. The molecule has 0 fully saturated rings. The Bertz CT molecular complexity index is 604. The van der Waals surface area contributed by atoms with Crippen molar-refractivity contribution in [2.24, 2.45) is 5.41 Å². The van der Waals surface area contributed by atoms with Gasteiger partial charge < -0.3 is 20.1 Å². The van der Waals surface area contributed by atoms with Crippen LogP contribution in [0.4, 0.5) is 18.0 Å². The molecule has 0 aromatic heterocycles. The Hall–Kier alpha value is -2.29. The van der Waals surface area contributed by atoms with E-state index in [9.17, 15) is 22.8 Å². The van der Waals surface area contributed by atoms with Crippen molar-refractivity contribution in [1.82, 2.24) is 10.6 Å². The van der Waals surface area contributed by atoms with E-state index in [1.165, 1.54) is 24.3 Å². The Balaban J connectivity index is 2.56. The smallest absolute Gasteiger partial charge is 0.407 e. The van der Waals surface area contributed by atoms with E-state index in [1.54, 1.807) is 0 Å². The number of nitrogens with one attached hydrogen (secondary N) is 2. The second-order valence-corrected chi connectivity index (χ2v) is 7.08. The molecule has 0 spiro atoms. The quantitative estimate of drug-likeness (QED) is 0.679. The minimum Gasteiger partial charge on any atom is -0.450 e. The van der Waals surface area contributed by atoms with Crippen LogP contribution in [0.5, 0.6) is 0 Å². The highest BCUT2D eigenvalue weighted by atomic mass is 19.3. The molecule has 1 aromatic carbocycles. The first-order valence-electron chi connectivity index (χ1n) is 8.42. The van der Waals surface area contributed by atoms with Gasteiger partial charge in [-0.1, -0.05) is 32.9 Å². The topological polar surface area (TPSA) is 76.7 Å². The maximum absolute atomic E-state index is 12.9. The number of benzene rings is 1. The minimum atomic E-state index is -3.09. The molecule has 2 N–H and O–H groups in total. The van der Waals surface area contributed by atoms with Gasteiger partial charge in [0.15, 0.2) is 0 Å². The van der Waals surface area contributed by atoms with Gasteiger partial charge in [0.05, 0.1) is 13.2 Å². The number of alkyl carbamates (subject to hydrolysis) is 1. The standard InChI is InChI=1S/C18H25F3N2O4/c1-18(2,3)8-9-26-17(25)23-14(11-27-16(20)21)15(24)22-10-12-4-6-13(19)7-5-12/h4-7,14,16H,8-11H2,1-3H3,(H,22,24)(H,23,25)/t14-/m1/s1. The zero-order valence-electron chi connectivity index (χ0n) is 15.6. The fraction of sp³-hybridized carbons (Fsp3) is 0.556. The summed E-state index contributed by atoms with van der Waals surface area (Å²) in [5.74, 6) is -1.15. The Morgan fingerprint density at radius 2 is 1.78 bits per heavy atom. The van der Waals surface area contributed by atoms with Crippen molar-refractivity contribution in [1.29, 1.82) is 0 Å². The van der Waals surface area contributed by atoms with Crippen LogP contribution in [0.15, 0.2) is 24.3 Å². The molecule has 0 heterocycles. The van der Waals surface area contributed by atoms with Gasteiger partial charge in [0.2, 0.25) is 5.91 Å². The van der Waals surface area contributed by atoms with Crippen LogP contribution in [-0.4, -0.2) is 37.9 Å². The molecule has 0 bridgehead atoms. The molecule has 27 heavy (non-hydrogen) atoms. The highest BCUT2D eigenvalue weighted by Crippen LogP contribution is 2.17. The summed E-state index contributed by atoms with van der Waals surface area (Å²) >= 11 is 0. The largest absolute Gasteiger partial charge is 0.450 e. The van der Waals surface area contributed by atoms with Crippen LogP contribution < -0.4 is 10.6 Å². The van der Waals surface area contributed by atoms with Crippen LogP contribution in [-0.2, 0) is 20.8 Å². The van der Waals surface area contributed by atoms with Crippen molar-refractivity contribution in [3.8, 4) is 0 Å². The summed E-state index contributed by atoms with van der Waals surface area (Å²) in [4.78, 5) is 24.0. The molecule has 152 valence electrons. The number of carbonyl (C=O) groups excluding carboxylic acids is 2. The molecule has 0 unspecified atom stereocenters. The summed E-state index contributed by atoms with van der Waals surface area (Å²) in [7, 11) is 0. The first-order chi connectivity index (χ1) is 12.6. The number of hydrogen-bond donors (Lipinski definition) is 2. The number of alkyl halides is 2. The molecule has 0 aliphatic rings. The fourth-order valence-corrected chi connectivity index (χ4v) is 1.90. The third-order valence-corrected chi connectivity index (χ3v) is 3.46. The zero-order chi connectivity index (χ0) is 20.4.